The molecule has 0 bridgehead atoms. The molecule has 6 heteroatoms. The summed E-state index contributed by atoms with van der Waals surface area (Å²) in [6.07, 6.45) is 0.438. The fourth-order valence-corrected chi connectivity index (χ4v) is 2.49. The highest BCUT2D eigenvalue weighted by atomic mass is 79.9. The molecule has 2 rings (SSSR count). The normalized spacial score (nSPS) is 20.7. The molecule has 1 aromatic rings. The lowest BCUT2D eigenvalue weighted by Crippen LogP contribution is -2.25. The van der Waals surface area contributed by atoms with Crippen LogP contribution in [0.5, 0.6) is 5.75 Å². The number of halogens is 1. The quantitative estimate of drug-likeness (QED) is 0.864. The molecule has 1 aromatic carbocycles. The summed E-state index contributed by atoms with van der Waals surface area (Å²) in [5.74, 6) is -1.25. The van der Waals surface area contributed by atoms with Crippen LogP contribution in [0.3, 0.4) is 0 Å². The number of benzene rings is 1. The van der Waals surface area contributed by atoms with Crippen molar-refractivity contribution in [1.29, 1.82) is 0 Å². The number of rotatable bonds is 5. The van der Waals surface area contributed by atoms with E-state index >= 15 is 0 Å². The van der Waals surface area contributed by atoms with Crippen molar-refractivity contribution in [3.8, 4) is 5.75 Å². The van der Waals surface area contributed by atoms with E-state index in [0.717, 1.165) is 15.8 Å². The number of aliphatic carboxylic acids is 1. The van der Waals surface area contributed by atoms with Gasteiger partial charge in [0.2, 0.25) is 5.91 Å². The van der Waals surface area contributed by atoms with Gasteiger partial charge in [-0.05, 0) is 40.0 Å². The first-order valence-corrected chi connectivity index (χ1v) is 6.65. The van der Waals surface area contributed by atoms with Gasteiger partial charge in [0.25, 0.3) is 0 Å². The highest BCUT2D eigenvalue weighted by Gasteiger charge is 2.48. The van der Waals surface area contributed by atoms with Crippen LogP contribution in [-0.2, 0) is 16.1 Å². The van der Waals surface area contributed by atoms with Gasteiger partial charge < -0.3 is 15.2 Å². The Bertz CT molecular complexity index is 517. The number of nitrogens with one attached hydrogen (secondary N) is 1. The molecule has 102 valence electrons. The third kappa shape index (κ3) is 3.26. The minimum Gasteiger partial charge on any atom is -0.496 e. The van der Waals surface area contributed by atoms with Gasteiger partial charge in [0.1, 0.15) is 5.75 Å². The summed E-state index contributed by atoms with van der Waals surface area (Å²) < 4.78 is 5.93. The second kappa shape index (κ2) is 5.61. The first-order chi connectivity index (χ1) is 9.02. The van der Waals surface area contributed by atoms with Crippen molar-refractivity contribution >= 4 is 27.8 Å². The van der Waals surface area contributed by atoms with Gasteiger partial charge in [-0.25, -0.2) is 0 Å². The lowest BCUT2D eigenvalue weighted by molar-refractivity contribution is -0.140. The fraction of sp³-hybridized carbons (Fsp3) is 0.385. The number of amides is 1. The standard InChI is InChI=1S/C13H14BrNO4/c1-19-11-3-2-7(4-10(11)14)6-15-12(16)8-5-9(8)13(17)18/h2-4,8-9H,5-6H2,1H3,(H,15,16)(H,17,18)/t8-,9+/m0/s1. The van der Waals surface area contributed by atoms with Gasteiger partial charge in [-0.3, -0.25) is 9.59 Å². The van der Waals surface area contributed by atoms with Crippen molar-refractivity contribution in [2.75, 3.05) is 7.11 Å². The van der Waals surface area contributed by atoms with Crippen LogP contribution in [0.4, 0.5) is 0 Å². The molecule has 1 aliphatic rings. The van der Waals surface area contributed by atoms with Gasteiger partial charge in [-0.2, -0.15) is 0 Å². The summed E-state index contributed by atoms with van der Waals surface area (Å²) in [4.78, 5) is 22.4. The number of hydrogen-bond acceptors (Lipinski definition) is 3. The molecule has 2 atom stereocenters. The van der Waals surface area contributed by atoms with E-state index in [9.17, 15) is 9.59 Å². The number of carboxylic acids is 1. The predicted octanol–water partition coefficient (Wildman–Crippen LogP) is 1.79. The summed E-state index contributed by atoms with van der Waals surface area (Å²) >= 11 is 3.37. The van der Waals surface area contributed by atoms with Crippen LogP contribution in [0.15, 0.2) is 22.7 Å². The van der Waals surface area contributed by atoms with Crippen LogP contribution in [0.1, 0.15) is 12.0 Å². The van der Waals surface area contributed by atoms with Crippen LogP contribution in [0, 0.1) is 11.8 Å². The molecule has 0 spiro atoms. The number of carbonyl (C=O) groups excluding carboxylic acids is 1. The Hall–Kier alpha value is -1.56. The Morgan fingerprint density at radius 3 is 2.74 bits per heavy atom. The maximum Gasteiger partial charge on any atom is 0.307 e. The highest BCUT2D eigenvalue weighted by Crippen LogP contribution is 2.38. The minimum atomic E-state index is -0.896. The topological polar surface area (TPSA) is 75.6 Å². The molecule has 0 heterocycles. The van der Waals surface area contributed by atoms with Gasteiger partial charge in [-0.1, -0.05) is 6.07 Å². The molecule has 1 aliphatic carbocycles. The van der Waals surface area contributed by atoms with Gasteiger partial charge in [0.15, 0.2) is 0 Å². The third-order valence-electron chi connectivity index (χ3n) is 3.13. The molecule has 0 aromatic heterocycles. The van der Waals surface area contributed by atoms with Crippen LogP contribution >= 0.6 is 15.9 Å². The maximum atomic E-state index is 11.7. The van der Waals surface area contributed by atoms with Gasteiger partial charge in [0, 0.05) is 6.54 Å². The zero-order chi connectivity index (χ0) is 14.0. The monoisotopic (exact) mass is 327 g/mol. The van der Waals surface area contributed by atoms with E-state index in [1.165, 1.54) is 0 Å². The molecule has 0 aliphatic heterocycles. The average molecular weight is 328 g/mol. The Morgan fingerprint density at radius 2 is 2.21 bits per heavy atom. The summed E-state index contributed by atoms with van der Waals surface area (Å²) in [5.41, 5.74) is 0.925. The second-order valence-corrected chi connectivity index (χ2v) is 5.33. The van der Waals surface area contributed by atoms with E-state index in [0.29, 0.717) is 13.0 Å². The van der Waals surface area contributed by atoms with Gasteiger partial charge >= 0.3 is 5.97 Å². The molecule has 1 saturated carbocycles. The summed E-state index contributed by atoms with van der Waals surface area (Å²) in [5, 5.41) is 11.5. The SMILES string of the molecule is COc1ccc(CNC(=O)[C@H]2C[C@H]2C(=O)O)cc1Br. The minimum absolute atomic E-state index is 0.195. The predicted molar refractivity (Wildman–Crippen MR) is 71.8 cm³/mol. The van der Waals surface area contributed by atoms with Crippen molar-refractivity contribution in [3.63, 3.8) is 0 Å². The Kier molecular flexibility index (Phi) is 4.09. The molecular weight excluding hydrogens is 314 g/mol. The molecule has 0 radical (unpaired) electrons. The Morgan fingerprint density at radius 1 is 1.47 bits per heavy atom. The maximum absolute atomic E-state index is 11.7. The van der Waals surface area contributed by atoms with Crippen LogP contribution in [-0.4, -0.2) is 24.1 Å². The van der Waals surface area contributed by atoms with Crippen molar-refractivity contribution in [2.45, 2.75) is 13.0 Å². The number of ether oxygens (including phenoxy) is 1. The first-order valence-electron chi connectivity index (χ1n) is 5.86. The van der Waals surface area contributed by atoms with E-state index in [-0.39, 0.29) is 11.8 Å². The number of carboxylic acid groups (broad SMARTS) is 1. The smallest absolute Gasteiger partial charge is 0.307 e. The van der Waals surface area contributed by atoms with Crippen molar-refractivity contribution in [2.24, 2.45) is 11.8 Å². The molecular formula is C13H14BrNO4. The molecule has 19 heavy (non-hydrogen) atoms. The van der Waals surface area contributed by atoms with Gasteiger partial charge in [-0.15, -0.1) is 0 Å². The highest BCUT2D eigenvalue weighted by molar-refractivity contribution is 9.10. The largest absolute Gasteiger partial charge is 0.496 e. The lowest BCUT2D eigenvalue weighted by atomic mass is 10.2. The molecule has 1 amide bonds. The lowest BCUT2D eigenvalue weighted by Gasteiger charge is -2.07. The second-order valence-electron chi connectivity index (χ2n) is 4.47. The zero-order valence-corrected chi connectivity index (χ0v) is 11.9. The van der Waals surface area contributed by atoms with Crippen LogP contribution in [0.2, 0.25) is 0 Å². The van der Waals surface area contributed by atoms with E-state index in [4.69, 9.17) is 9.84 Å². The van der Waals surface area contributed by atoms with E-state index in [1.54, 1.807) is 7.11 Å². The van der Waals surface area contributed by atoms with Crippen LogP contribution < -0.4 is 10.1 Å². The summed E-state index contributed by atoms with van der Waals surface area (Å²) in [6.45, 7) is 0.379. The molecule has 1 fully saturated rings. The van der Waals surface area contributed by atoms with Crippen molar-refractivity contribution < 1.29 is 19.4 Å². The number of methoxy groups -OCH3 is 1. The van der Waals surface area contributed by atoms with E-state index < -0.39 is 11.9 Å². The van der Waals surface area contributed by atoms with Crippen molar-refractivity contribution in [3.05, 3.63) is 28.2 Å². The van der Waals surface area contributed by atoms with Gasteiger partial charge in [0.05, 0.1) is 23.4 Å². The van der Waals surface area contributed by atoms with Crippen LogP contribution in [0.25, 0.3) is 0 Å². The Labute approximate surface area is 119 Å². The van der Waals surface area contributed by atoms with E-state index in [2.05, 4.69) is 21.2 Å². The number of hydrogen-bond donors (Lipinski definition) is 2. The van der Waals surface area contributed by atoms with E-state index in [1.807, 2.05) is 18.2 Å². The molecule has 0 unspecified atom stereocenters. The molecule has 5 nitrogen and oxygen atoms in total. The number of carbonyl (C=O) groups is 2. The molecule has 2 N–H and O–H groups in total. The Balaban J connectivity index is 1.87. The third-order valence-corrected chi connectivity index (χ3v) is 3.75. The summed E-state index contributed by atoms with van der Waals surface area (Å²) in [6, 6.07) is 5.52. The summed E-state index contributed by atoms with van der Waals surface area (Å²) in [7, 11) is 1.58. The fourth-order valence-electron chi connectivity index (χ4n) is 1.90. The van der Waals surface area contributed by atoms with Crippen molar-refractivity contribution in [1.82, 2.24) is 5.32 Å². The molecule has 0 saturated heterocycles. The average Bonchev–Trinajstić information content (AvgIpc) is 3.16. The zero-order valence-electron chi connectivity index (χ0n) is 10.4. The first kappa shape index (κ1) is 13.9.